The number of carbonyl (C=O) groups excluding carboxylic acids is 1. The van der Waals surface area contributed by atoms with E-state index in [0.29, 0.717) is 33.3 Å². The summed E-state index contributed by atoms with van der Waals surface area (Å²) in [4.78, 5) is 16.9. The number of benzene rings is 3. The van der Waals surface area contributed by atoms with Gasteiger partial charge >= 0.3 is 0 Å². The number of para-hydroxylation sites is 2. The Bertz CT molecular complexity index is 1080. The van der Waals surface area contributed by atoms with Crippen molar-refractivity contribution in [1.82, 2.24) is 4.98 Å². The summed E-state index contributed by atoms with van der Waals surface area (Å²) in [6.45, 7) is 1.95. The highest BCUT2D eigenvalue weighted by molar-refractivity contribution is 6.33. The molecule has 0 saturated carbocycles. The molecule has 0 spiro atoms. The molecule has 4 rings (SSSR count). The van der Waals surface area contributed by atoms with Gasteiger partial charge in [-0.05, 0) is 49.4 Å². The summed E-state index contributed by atoms with van der Waals surface area (Å²) in [7, 11) is 0. The minimum absolute atomic E-state index is 0.181. The second kappa shape index (κ2) is 6.65. The van der Waals surface area contributed by atoms with E-state index in [9.17, 15) is 4.79 Å². The van der Waals surface area contributed by atoms with E-state index in [4.69, 9.17) is 16.0 Å². The number of halogens is 1. The normalized spacial score (nSPS) is 10.8. The number of nitrogens with zero attached hydrogens (tertiary/aromatic N) is 1. The van der Waals surface area contributed by atoms with Crippen LogP contribution in [0.3, 0.4) is 0 Å². The van der Waals surface area contributed by atoms with Crippen LogP contribution in [0.25, 0.3) is 22.6 Å². The number of amides is 1. The standard InChI is InChI=1S/C21H15ClN2O2/c1-13-5-4-6-14(11-13)20(25)23-15-9-10-17(22)16(12-15)21-24-18-7-2-3-8-19(18)26-21/h2-12H,1H3,(H,23,25). The second-order valence-corrected chi connectivity index (χ2v) is 6.41. The van der Waals surface area contributed by atoms with Crippen LogP contribution in [-0.4, -0.2) is 10.9 Å². The molecule has 1 amide bonds. The number of oxazole rings is 1. The van der Waals surface area contributed by atoms with Gasteiger partial charge in [0.2, 0.25) is 5.89 Å². The fraction of sp³-hybridized carbons (Fsp3) is 0.0476. The van der Waals surface area contributed by atoms with Gasteiger partial charge in [0.1, 0.15) is 5.52 Å². The van der Waals surface area contributed by atoms with Crippen LogP contribution < -0.4 is 5.32 Å². The average molecular weight is 363 g/mol. The van der Waals surface area contributed by atoms with Crippen LogP contribution >= 0.6 is 11.6 Å². The van der Waals surface area contributed by atoms with Gasteiger partial charge in [-0.3, -0.25) is 4.79 Å². The molecule has 0 atom stereocenters. The molecule has 1 heterocycles. The Hall–Kier alpha value is -3.11. The Kier molecular flexibility index (Phi) is 4.19. The molecule has 5 heteroatoms. The van der Waals surface area contributed by atoms with Gasteiger partial charge in [-0.1, -0.05) is 41.4 Å². The van der Waals surface area contributed by atoms with Crippen molar-refractivity contribution in [2.75, 3.05) is 5.32 Å². The van der Waals surface area contributed by atoms with Crippen LogP contribution in [0.5, 0.6) is 0 Å². The molecule has 3 aromatic carbocycles. The number of aromatic nitrogens is 1. The Morgan fingerprint density at radius 2 is 1.88 bits per heavy atom. The van der Waals surface area contributed by atoms with E-state index in [2.05, 4.69) is 10.3 Å². The molecule has 0 radical (unpaired) electrons. The number of hydrogen-bond donors (Lipinski definition) is 1. The molecule has 0 bridgehead atoms. The first-order valence-corrected chi connectivity index (χ1v) is 8.51. The fourth-order valence-electron chi connectivity index (χ4n) is 2.74. The molecule has 1 N–H and O–H groups in total. The van der Waals surface area contributed by atoms with Crippen molar-refractivity contribution in [3.05, 3.63) is 82.9 Å². The third kappa shape index (κ3) is 3.19. The molecular weight excluding hydrogens is 348 g/mol. The monoisotopic (exact) mass is 362 g/mol. The predicted molar refractivity (Wildman–Crippen MR) is 104 cm³/mol. The van der Waals surface area contributed by atoms with Crippen LogP contribution in [0, 0.1) is 6.92 Å². The number of fused-ring (bicyclic) bond motifs is 1. The highest BCUT2D eigenvalue weighted by Crippen LogP contribution is 2.32. The summed E-state index contributed by atoms with van der Waals surface area (Å²) in [5.41, 5.74) is 4.33. The van der Waals surface area contributed by atoms with Crippen molar-refractivity contribution < 1.29 is 9.21 Å². The van der Waals surface area contributed by atoms with Crippen molar-refractivity contribution in [2.45, 2.75) is 6.92 Å². The first-order chi connectivity index (χ1) is 12.6. The molecule has 0 aliphatic rings. The Balaban J connectivity index is 1.67. The van der Waals surface area contributed by atoms with Crippen LogP contribution in [0.15, 0.2) is 71.1 Å². The van der Waals surface area contributed by atoms with E-state index < -0.39 is 0 Å². The lowest BCUT2D eigenvalue weighted by molar-refractivity contribution is 0.102. The van der Waals surface area contributed by atoms with E-state index in [-0.39, 0.29) is 5.91 Å². The molecule has 128 valence electrons. The molecule has 0 unspecified atom stereocenters. The minimum Gasteiger partial charge on any atom is -0.436 e. The minimum atomic E-state index is -0.181. The highest BCUT2D eigenvalue weighted by atomic mass is 35.5. The second-order valence-electron chi connectivity index (χ2n) is 6.00. The zero-order valence-electron chi connectivity index (χ0n) is 14.0. The molecule has 0 saturated heterocycles. The Morgan fingerprint density at radius 1 is 1.04 bits per heavy atom. The molecule has 26 heavy (non-hydrogen) atoms. The molecule has 4 nitrogen and oxygen atoms in total. The highest BCUT2D eigenvalue weighted by Gasteiger charge is 2.14. The predicted octanol–water partition coefficient (Wildman–Crippen LogP) is 5.71. The Morgan fingerprint density at radius 3 is 2.69 bits per heavy atom. The van der Waals surface area contributed by atoms with E-state index in [1.54, 1.807) is 24.3 Å². The van der Waals surface area contributed by atoms with E-state index in [1.165, 1.54) is 0 Å². The summed E-state index contributed by atoms with van der Waals surface area (Å²) in [5.74, 6) is 0.238. The zero-order chi connectivity index (χ0) is 18.1. The summed E-state index contributed by atoms with van der Waals surface area (Å²) >= 11 is 6.32. The van der Waals surface area contributed by atoms with E-state index in [1.807, 2.05) is 49.4 Å². The van der Waals surface area contributed by atoms with E-state index in [0.717, 1.165) is 11.1 Å². The first kappa shape index (κ1) is 16.4. The van der Waals surface area contributed by atoms with Crippen LogP contribution in [0.1, 0.15) is 15.9 Å². The molecule has 4 aromatic rings. The summed E-state index contributed by atoms with van der Waals surface area (Å²) in [5, 5.41) is 3.39. The lowest BCUT2D eigenvalue weighted by Gasteiger charge is -2.08. The third-order valence-electron chi connectivity index (χ3n) is 4.03. The maximum atomic E-state index is 12.5. The SMILES string of the molecule is Cc1cccc(C(=O)Nc2ccc(Cl)c(-c3nc4ccccc4o3)c2)c1. The maximum Gasteiger partial charge on any atom is 0.255 e. The number of nitrogens with one attached hydrogen (secondary N) is 1. The molecule has 0 aliphatic carbocycles. The topological polar surface area (TPSA) is 55.1 Å². The van der Waals surface area contributed by atoms with Crippen molar-refractivity contribution in [3.8, 4) is 11.5 Å². The number of hydrogen-bond acceptors (Lipinski definition) is 3. The van der Waals surface area contributed by atoms with Gasteiger partial charge in [0, 0.05) is 11.3 Å². The maximum absolute atomic E-state index is 12.5. The van der Waals surface area contributed by atoms with Gasteiger partial charge in [-0.15, -0.1) is 0 Å². The summed E-state index contributed by atoms with van der Waals surface area (Å²) in [6.07, 6.45) is 0. The van der Waals surface area contributed by atoms with Crippen molar-refractivity contribution >= 4 is 34.3 Å². The van der Waals surface area contributed by atoms with Gasteiger partial charge in [-0.2, -0.15) is 0 Å². The van der Waals surface area contributed by atoms with Crippen LogP contribution in [0.4, 0.5) is 5.69 Å². The summed E-state index contributed by atoms with van der Waals surface area (Å²) in [6, 6.07) is 20.2. The van der Waals surface area contributed by atoms with Gasteiger partial charge in [0.05, 0.1) is 10.6 Å². The zero-order valence-corrected chi connectivity index (χ0v) is 14.7. The van der Waals surface area contributed by atoms with Gasteiger partial charge in [0.25, 0.3) is 5.91 Å². The van der Waals surface area contributed by atoms with Crippen molar-refractivity contribution in [2.24, 2.45) is 0 Å². The molecular formula is C21H15ClN2O2. The lowest BCUT2D eigenvalue weighted by Crippen LogP contribution is -2.12. The van der Waals surface area contributed by atoms with Crippen LogP contribution in [0.2, 0.25) is 5.02 Å². The lowest BCUT2D eigenvalue weighted by atomic mass is 10.1. The fourth-order valence-corrected chi connectivity index (χ4v) is 2.94. The quantitative estimate of drug-likeness (QED) is 0.508. The largest absolute Gasteiger partial charge is 0.436 e. The number of aryl methyl sites for hydroxylation is 1. The van der Waals surface area contributed by atoms with Gasteiger partial charge in [0.15, 0.2) is 5.58 Å². The van der Waals surface area contributed by atoms with Crippen molar-refractivity contribution in [3.63, 3.8) is 0 Å². The van der Waals surface area contributed by atoms with E-state index >= 15 is 0 Å². The third-order valence-corrected chi connectivity index (χ3v) is 4.36. The smallest absolute Gasteiger partial charge is 0.255 e. The molecule has 0 fully saturated rings. The summed E-state index contributed by atoms with van der Waals surface area (Å²) < 4.78 is 5.79. The average Bonchev–Trinajstić information content (AvgIpc) is 3.07. The van der Waals surface area contributed by atoms with Crippen molar-refractivity contribution in [1.29, 1.82) is 0 Å². The number of anilines is 1. The Labute approximate surface area is 155 Å². The number of carbonyl (C=O) groups is 1. The number of rotatable bonds is 3. The van der Waals surface area contributed by atoms with Gasteiger partial charge < -0.3 is 9.73 Å². The molecule has 0 aliphatic heterocycles. The van der Waals surface area contributed by atoms with Gasteiger partial charge in [-0.25, -0.2) is 4.98 Å². The first-order valence-electron chi connectivity index (χ1n) is 8.14. The van der Waals surface area contributed by atoms with Crippen LogP contribution in [-0.2, 0) is 0 Å². The molecule has 1 aromatic heterocycles.